The molecule has 18 heavy (non-hydrogen) atoms. The molecule has 1 heterocycles. The van der Waals surface area contributed by atoms with Gasteiger partial charge in [0.05, 0.1) is 10.5 Å². The van der Waals surface area contributed by atoms with Crippen LogP contribution in [0.1, 0.15) is 32.4 Å². The van der Waals surface area contributed by atoms with Crippen LogP contribution in [-0.2, 0) is 7.05 Å². The van der Waals surface area contributed by atoms with E-state index in [-0.39, 0.29) is 12.2 Å². The average Bonchev–Trinajstić information content (AvgIpc) is 2.61. The molecule has 0 unspecified atom stereocenters. The Bertz CT molecular complexity index is 438. The summed E-state index contributed by atoms with van der Waals surface area (Å²) in [6.45, 7) is 5.62. The summed E-state index contributed by atoms with van der Waals surface area (Å²) in [5.41, 5.74) is -0.528. The monoisotopic (exact) mass is 256 g/mol. The van der Waals surface area contributed by atoms with E-state index in [0.29, 0.717) is 24.4 Å². The number of nitrogens with one attached hydrogen (secondary N) is 1. The Balaban J connectivity index is 2.95. The SMILES string of the molecule is CCC(O)(CC)CNc1c([N+](=O)[O-])c(C)nn1C. The fourth-order valence-corrected chi connectivity index (χ4v) is 1.81. The van der Waals surface area contributed by atoms with Gasteiger partial charge in [-0.1, -0.05) is 13.8 Å². The molecule has 0 radical (unpaired) electrons. The van der Waals surface area contributed by atoms with Gasteiger partial charge < -0.3 is 10.4 Å². The van der Waals surface area contributed by atoms with Gasteiger partial charge in [0.15, 0.2) is 0 Å². The third kappa shape index (κ3) is 2.79. The van der Waals surface area contributed by atoms with Gasteiger partial charge in [-0.3, -0.25) is 10.1 Å². The summed E-state index contributed by atoms with van der Waals surface area (Å²) in [5.74, 6) is 0.331. The first-order valence-corrected chi connectivity index (χ1v) is 5.99. The molecule has 1 aromatic heterocycles. The molecule has 7 nitrogen and oxygen atoms in total. The Morgan fingerprint density at radius 2 is 2.06 bits per heavy atom. The molecule has 0 fully saturated rings. The van der Waals surface area contributed by atoms with Crippen LogP contribution in [0.15, 0.2) is 0 Å². The molecular formula is C11H20N4O3. The van der Waals surface area contributed by atoms with E-state index in [1.165, 1.54) is 4.68 Å². The predicted molar refractivity (Wildman–Crippen MR) is 68.6 cm³/mol. The lowest BCUT2D eigenvalue weighted by Gasteiger charge is -2.25. The Labute approximate surface area is 106 Å². The first-order chi connectivity index (χ1) is 8.34. The van der Waals surface area contributed by atoms with Crippen molar-refractivity contribution in [3.05, 3.63) is 15.8 Å². The van der Waals surface area contributed by atoms with Crippen LogP contribution in [0.2, 0.25) is 0 Å². The minimum Gasteiger partial charge on any atom is -0.388 e. The second-order valence-electron chi connectivity index (χ2n) is 4.45. The summed E-state index contributed by atoms with van der Waals surface area (Å²) in [7, 11) is 1.64. The number of aromatic nitrogens is 2. The van der Waals surface area contributed by atoms with Crippen LogP contribution in [0.3, 0.4) is 0 Å². The van der Waals surface area contributed by atoms with Gasteiger partial charge in [-0.05, 0) is 19.8 Å². The second-order valence-corrected chi connectivity index (χ2v) is 4.45. The van der Waals surface area contributed by atoms with Crippen LogP contribution >= 0.6 is 0 Å². The van der Waals surface area contributed by atoms with E-state index in [9.17, 15) is 15.2 Å². The van der Waals surface area contributed by atoms with E-state index in [2.05, 4.69) is 10.4 Å². The van der Waals surface area contributed by atoms with Gasteiger partial charge in [-0.25, -0.2) is 4.68 Å². The number of hydrogen-bond acceptors (Lipinski definition) is 5. The molecule has 1 rings (SSSR count). The van der Waals surface area contributed by atoms with Crippen LogP contribution in [0.4, 0.5) is 11.5 Å². The fourth-order valence-electron chi connectivity index (χ4n) is 1.81. The Hall–Kier alpha value is -1.63. The summed E-state index contributed by atoms with van der Waals surface area (Å²) >= 11 is 0. The molecule has 0 aliphatic heterocycles. The normalized spacial score (nSPS) is 11.6. The third-order valence-electron chi connectivity index (χ3n) is 3.27. The maximum Gasteiger partial charge on any atom is 0.333 e. The van der Waals surface area contributed by atoms with E-state index in [4.69, 9.17) is 0 Å². The first kappa shape index (κ1) is 14.4. The molecule has 0 atom stereocenters. The number of anilines is 1. The highest BCUT2D eigenvalue weighted by Crippen LogP contribution is 2.28. The lowest BCUT2D eigenvalue weighted by molar-refractivity contribution is -0.384. The van der Waals surface area contributed by atoms with Crippen LogP contribution in [-0.4, -0.2) is 32.0 Å². The molecule has 0 spiro atoms. The minimum absolute atomic E-state index is 0.0351. The Morgan fingerprint density at radius 1 is 1.50 bits per heavy atom. The van der Waals surface area contributed by atoms with Gasteiger partial charge in [0.25, 0.3) is 0 Å². The molecule has 2 N–H and O–H groups in total. The van der Waals surface area contributed by atoms with Crippen molar-refractivity contribution in [3.63, 3.8) is 0 Å². The summed E-state index contributed by atoms with van der Waals surface area (Å²) in [5, 5.41) is 28.1. The van der Waals surface area contributed by atoms with Crippen molar-refractivity contribution in [3.8, 4) is 0 Å². The number of hydrogen-bond donors (Lipinski definition) is 2. The highest BCUT2D eigenvalue weighted by molar-refractivity contribution is 5.59. The van der Waals surface area contributed by atoms with Crippen molar-refractivity contribution in [2.24, 2.45) is 7.05 Å². The molecule has 1 aromatic rings. The molecule has 0 aliphatic carbocycles. The zero-order valence-corrected chi connectivity index (χ0v) is 11.2. The lowest BCUT2D eigenvalue weighted by Crippen LogP contribution is -2.35. The minimum atomic E-state index is -0.855. The van der Waals surface area contributed by atoms with Crippen LogP contribution < -0.4 is 5.32 Å². The summed E-state index contributed by atoms with van der Waals surface area (Å²) in [6.07, 6.45) is 1.17. The van der Waals surface area contributed by atoms with E-state index >= 15 is 0 Å². The van der Waals surface area contributed by atoms with Crippen molar-refractivity contribution < 1.29 is 10.0 Å². The summed E-state index contributed by atoms with van der Waals surface area (Å²) < 4.78 is 1.43. The van der Waals surface area contributed by atoms with Gasteiger partial charge in [0.2, 0.25) is 5.82 Å². The fraction of sp³-hybridized carbons (Fsp3) is 0.727. The highest BCUT2D eigenvalue weighted by Gasteiger charge is 2.27. The molecule has 7 heteroatoms. The Morgan fingerprint density at radius 3 is 2.50 bits per heavy atom. The van der Waals surface area contributed by atoms with Crippen molar-refractivity contribution in [1.82, 2.24) is 9.78 Å². The van der Waals surface area contributed by atoms with Crippen LogP contribution in [0.5, 0.6) is 0 Å². The highest BCUT2D eigenvalue weighted by atomic mass is 16.6. The second kappa shape index (κ2) is 5.34. The molecule has 0 saturated carbocycles. The number of nitro groups is 1. The predicted octanol–water partition coefficient (Wildman–Crippen LogP) is 1.60. The maximum absolute atomic E-state index is 11.0. The van der Waals surface area contributed by atoms with Gasteiger partial charge in [0, 0.05) is 13.6 Å². The number of aryl methyl sites for hydroxylation is 2. The first-order valence-electron chi connectivity index (χ1n) is 5.99. The number of rotatable bonds is 6. The number of aliphatic hydroxyl groups is 1. The quantitative estimate of drug-likeness (QED) is 0.595. The molecule has 0 aromatic carbocycles. The summed E-state index contributed by atoms with van der Waals surface area (Å²) in [4.78, 5) is 10.5. The van der Waals surface area contributed by atoms with Crippen LogP contribution in [0, 0.1) is 17.0 Å². The lowest BCUT2D eigenvalue weighted by atomic mass is 9.98. The van der Waals surface area contributed by atoms with Gasteiger partial charge in [-0.2, -0.15) is 5.10 Å². The number of nitrogens with zero attached hydrogens (tertiary/aromatic N) is 3. The van der Waals surface area contributed by atoms with Crippen molar-refractivity contribution >= 4 is 11.5 Å². The summed E-state index contributed by atoms with van der Waals surface area (Å²) in [6, 6.07) is 0. The molecule has 0 aliphatic rings. The molecule has 0 amide bonds. The average molecular weight is 256 g/mol. The van der Waals surface area contributed by atoms with Gasteiger partial charge in [0.1, 0.15) is 5.69 Å². The zero-order valence-electron chi connectivity index (χ0n) is 11.2. The van der Waals surface area contributed by atoms with E-state index in [0.717, 1.165) is 0 Å². The van der Waals surface area contributed by atoms with Gasteiger partial charge >= 0.3 is 5.69 Å². The molecule has 102 valence electrons. The van der Waals surface area contributed by atoms with Crippen LogP contribution in [0.25, 0.3) is 0 Å². The smallest absolute Gasteiger partial charge is 0.333 e. The standard InChI is InChI=1S/C11H20N4O3/c1-5-11(16,6-2)7-12-10-9(15(17)18)8(3)13-14(10)4/h12,16H,5-7H2,1-4H3. The topological polar surface area (TPSA) is 93.2 Å². The van der Waals surface area contributed by atoms with E-state index in [1.54, 1.807) is 14.0 Å². The molecule has 0 bridgehead atoms. The van der Waals surface area contributed by atoms with Crippen molar-refractivity contribution in [2.75, 3.05) is 11.9 Å². The van der Waals surface area contributed by atoms with E-state index in [1.807, 2.05) is 13.8 Å². The third-order valence-corrected chi connectivity index (χ3v) is 3.27. The maximum atomic E-state index is 11.0. The van der Waals surface area contributed by atoms with Crippen molar-refractivity contribution in [2.45, 2.75) is 39.2 Å². The largest absolute Gasteiger partial charge is 0.388 e. The Kier molecular flexibility index (Phi) is 4.28. The zero-order chi connectivity index (χ0) is 13.9. The van der Waals surface area contributed by atoms with Gasteiger partial charge in [-0.15, -0.1) is 0 Å². The van der Waals surface area contributed by atoms with E-state index < -0.39 is 10.5 Å². The molecule has 0 saturated heterocycles. The molecular weight excluding hydrogens is 236 g/mol. The van der Waals surface area contributed by atoms with Crippen molar-refractivity contribution in [1.29, 1.82) is 0 Å².